The van der Waals surface area contributed by atoms with Crippen molar-refractivity contribution in [2.45, 2.75) is 39.0 Å². The lowest BCUT2D eigenvalue weighted by molar-refractivity contribution is -0.112. The van der Waals surface area contributed by atoms with Crippen molar-refractivity contribution in [3.63, 3.8) is 0 Å². The van der Waals surface area contributed by atoms with Gasteiger partial charge in [0.05, 0.1) is 7.11 Å². The molecule has 0 N–H and O–H groups in total. The van der Waals surface area contributed by atoms with Crippen molar-refractivity contribution in [2.75, 3.05) is 7.11 Å². The van der Waals surface area contributed by atoms with Crippen molar-refractivity contribution in [1.82, 2.24) is 0 Å². The van der Waals surface area contributed by atoms with E-state index in [9.17, 15) is 4.79 Å². The minimum absolute atomic E-state index is 0.123. The van der Waals surface area contributed by atoms with Gasteiger partial charge in [0.1, 0.15) is 5.75 Å². The molecule has 0 spiro atoms. The maximum atomic E-state index is 10.9. The van der Waals surface area contributed by atoms with Gasteiger partial charge >= 0.3 is 0 Å². The van der Waals surface area contributed by atoms with Crippen molar-refractivity contribution in [2.24, 2.45) is 0 Å². The minimum Gasteiger partial charge on any atom is -0.496 e. The number of carbonyl (C=O) groups excluding carboxylic acids is 1. The predicted octanol–water partition coefficient (Wildman–Crippen LogP) is 3.83. The molecule has 0 aliphatic carbocycles. The lowest BCUT2D eigenvalue weighted by Gasteiger charge is -2.27. The van der Waals surface area contributed by atoms with Crippen molar-refractivity contribution < 1.29 is 9.53 Å². The molecule has 1 rings (SSSR count). The number of methoxy groups -OCH3 is 1. The van der Waals surface area contributed by atoms with Gasteiger partial charge in [-0.1, -0.05) is 31.5 Å². The van der Waals surface area contributed by atoms with Crippen LogP contribution in [0, 0.1) is 6.92 Å². The van der Waals surface area contributed by atoms with Gasteiger partial charge in [0.2, 0.25) is 5.24 Å². The maximum absolute atomic E-state index is 10.9. The Labute approximate surface area is 108 Å². The summed E-state index contributed by atoms with van der Waals surface area (Å²) in [5, 5.41) is -0.287. The van der Waals surface area contributed by atoms with E-state index in [-0.39, 0.29) is 10.7 Å². The van der Waals surface area contributed by atoms with Crippen LogP contribution in [0.3, 0.4) is 0 Å². The van der Waals surface area contributed by atoms with Gasteiger partial charge in [0, 0.05) is 12.0 Å². The molecular weight excluding hydrogens is 236 g/mol. The molecule has 0 radical (unpaired) electrons. The fourth-order valence-electron chi connectivity index (χ4n) is 1.90. The highest BCUT2D eigenvalue weighted by atomic mass is 35.5. The summed E-state index contributed by atoms with van der Waals surface area (Å²) in [6.07, 6.45) is 1.10. The van der Waals surface area contributed by atoms with Crippen LogP contribution in [0.25, 0.3) is 0 Å². The van der Waals surface area contributed by atoms with Crippen LogP contribution in [0.1, 0.15) is 37.8 Å². The molecule has 0 bridgehead atoms. The smallest absolute Gasteiger partial charge is 0.221 e. The lowest BCUT2D eigenvalue weighted by atomic mass is 9.79. The summed E-state index contributed by atoms with van der Waals surface area (Å²) < 4.78 is 5.38. The molecule has 17 heavy (non-hydrogen) atoms. The van der Waals surface area contributed by atoms with Crippen LogP contribution < -0.4 is 4.74 Å². The number of rotatable bonds is 5. The Bertz CT molecular complexity index is 411. The zero-order valence-electron chi connectivity index (χ0n) is 10.8. The molecule has 0 aliphatic heterocycles. The molecule has 0 amide bonds. The molecule has 0 unspecified atom stereocenters. The molecule has 0 atom stereocenters. The van der Waals surface area contributed by atoms with E-state index in [4.69, 9.17) is 16.3 Å². The van der Waals surface area contributed by atoms with Crippen LogP contribution in [0.4, 0.5) is 0 Å². The van der Waals surface area contributed by atoms with Gasteiger partial charge in [-0.3, -0.25) is 4.79 Å². The fourth-order valence-corrected chi connectivity index (χ4v) is 1.99. The van der Waals surface area contributed by atoms with Crippen molar-refractivity contribution >= 4 is 16.8 Å². The Hall–Kier alpha value is -1.02. The van der Waals surface area contributed by atoms with Crippen molar-refractivity contribution in [3.05, 3.63) is 29.3 Å². The van der Waals surface area contributed by atoms with Gasteiger partial charge in [-0.05, 0) is 36.4 Å². The average Bonchev–Trinajstić information content (AvgIpc) is 2.26. The zero-order valence-corrected chi connectivity index (χ0v) is 11.6. The number of halogens is 1. The molecule has 0 saturated heterocycles. The fraction of sp³-hybridized carbons (Fsp3) is 0.500. The van der Waals surface area contributed by atoms with E-state index in [1.165, 1.54) is 5.56 Å². The topological polar surface area (TPSA) is 26.3 Å². The first-order valence-electron chi connectivity index (χ1n) is 5.70. The summed E-state index contributed by atoms with van der Waals surface area (Å²) in [4.78, 5) is 10.9. The summed E-state index contributed by atoms with van der Waals surface area (Å²) in [5.74, 6) is 0.864. The van der Waals surface area contributed by atoms with Gasteiger partial charge in [-0.25, -0.2) is 0 Å². The van der Waals surface area contributed by atoms with Gasteiger partial charge in [0.15, 0.2) is 0 Å². The van der Waals surface area contributed by atoms with Crippen LogP contribution >= 0.6 is 11.6 Å². The first-order valence-corrected chi connectivity index (χ1v) is 6.08. The summed E-state index contributed by atoms with van der Waals surface area (Å²) >= 11 is 5.41. The maximum Gasteiger partial charge on any atom is 0.221 e. The van der Waals surface area contributed by atoms with Crippen molar-refractivity contribution in [1.29, 1.82) is 0 Å². The second-order valence-corrected chi connectivity index (χ2v) is 5.36. The number of ether oxygens (including phenoxy) is 1. The largest absolute Gasteiger partial charge is 0.496 e. The molecule has 0 fully saturated rings. The third-order valence-electron chi connectivity index (χ3n) is 3.03. The Morgan fingerprint density at radius 3 is 2.59 bits per heavy atom. The van der Waals surface area contributed by atoms with E-state index in [0.717, 1.165) is 17.7 Å². The molecule has 1 aromatic rings. The molecular formula is C14H19ClO2. The summed E-state index contributed by atoms with van der Waals surface area (Å²) in [7, 11) is 1.66. The SMILES string of the molecule is COc1ccc(C)cc1C(C)(C)CCC(=O)Cl. The molecule has 3 heteroatoms. The Morgan fingerprint density at radius 2 is 2.06 bits per heavy atom. The van der Waals surface area contributed by atoms with E-state index in [0.29, 0.717) is 6.42 Å². The Kier molecular flexibility index (Phi) is 4.58. The van der Waals surface area contributed by atoms with Crippen molar-refractivity contribution in [3.8, 4) is 5.75 Å². The summed E-state index contributed by atoms with van der Waals surface area (Å²) in [6, 6.07) is 6.09. The third kappa shape index (κ3) is 3.74. The van der Waals surface area contributed by atoms with Gasteiger partial charge < -0.3 is 4.74 Å². The number of hydrogen-bond acceptors (Lipinski definition) is 2. The Balaban J connectivity index is 3.03. The third-order valence-corrected chi connectivity index (χ3v) is 3.22. The average molecular weight is 255 g/mol. The van der Waals surface area contributed by atoms with Crippen LogP contribution in [0.2, 0.25) is 0 Å². The lowest BCUT2D eigenvalue weighted by Crippen LogP contribution is -2.19. The second kappa shape index (κ2) is 5.54. The van der Waals surface area contributed by atoms with Gasteiger partial charge in [-0.15, -0.1) is 0 Å². The number of hydrogen-bond donors (Lipinski definition) is 0. The highest BCUT2D eigenvalue weighted by Gasteiger charge is 2.25. The molecule has 0 heterocycles. The van der Waals surface area contributed by atoms with Gasteiger partial charge in [0.25, 0.3) is 0 Å². The quantitative estimate of drug-likeness (QED) is 0.747. The van der Waals surface area contributed by atoms with E-state index in [2.05, 4.69) is 19.9 Å². The molecule has 0 aromatic heterocycles. The van der Waals surface area contributed by atoms with Gasteiger partial charge in [-0.2, -0.15) is 0 Å². The first-order chi connectivity index (χ1) is 7.86. The minimum atomic E-state index is -0.287. The number of carbonyl (C=O) groups is 1. The molecule has 0 aliphatic rings. The van der Waals surface area contributed by atoms with E-state index in [1.54, 1.807) is 7.11 Å². The highest BCUT2D eigenvalue weighted by molar-refractivity contribution is 6.63. The molecule has 1 aromatic carbocycles. The monoisotopic (exact) mass is 254 g/mol. The van der Waals surface area contributed by atoms with Crippen LogP contribution in [-0.2, 0) is 10.2 Å². The van der Waals surface area contributed by atoms with E-state index < -0.39 is 0 Å². The molecule has 2 nitrogen and oxygen atoms in total. The van der Waals surface area contributed by atoms with Crippen LogP contribution in [0.15, 0.2) is 18.2 Å². The second-order valence-electron chi connectivity index (χ2n) is 4.94. The highest BCUT2D eigenvalue weighted by Crippen LogP contribution is 2.35. The Morgan fingerprint density at radius 1 is 1.41 bits per heavy atom. The number of benzene rings is 1. The van der Waals surface area contributed by atoms with Crippen LogP contribution in [-0.4, -0.2) is 12.4 Å². The zero-order chi connectivity index (χ0) is 13.1. The molecule has 0 saturated carbocycles. The predicted molar refractivity (Wildman–Crippen MR) is 70.9 cm³/mol. The van der Waals surface area contributed by atoms with Crippen LogP contribution in [0.5, 0.6) is 5.75 Å². The standard InChI is InChI=1S/C14H19ClO2/c1-10-5-6-12(17-4)11(9-10)14(2,3)8-7-13(15)16/h5-6,9H,7-8H2,1-4H3. The molecule has 94 valence electrons. The number of aryl methyl sites for hydroxylation is 1. The normalized spacial score (nSPS) is 11.4. The van der Waals surface area contributed by atoms with E-state index in [1.807, 2.05) is 19.1 Å². The van der Waals surface area contributed by atoms with E-state index >= 15 is 0 Å². The first kappa shape index (κ1) is 14.0. The summed E-state index contributed by atoms with van der Waals surface area (Å²) in [6.45, 7) is 6.25. The summed E-state index contributed by atoms with van der Waals surface area (Å²) in [5.41, 5.74) is 2.19.